The minimum Gasteiger partial charge on any atom is -0.492 e. The number of hydrogen-bond donors (Lipinski definition) is 1. The number of ether oxygens (including phenoxy) is 1. The number of anilines is 2. The molecule has 1 heterocycles. The van der Waals surface area contributed by atoms with Crippen LogP contribution in [0.15, 0.2) is 52.3 Å². The van der Waals surface area contributed by atoms with Gasteiger partial charge in [0.25, 0.3) is 10.0 Å². The van der Waals surface area contributed by atoms with E-state index < -0.39 is 10.0 Å². The molecule has 1 amide bonds. The van der Waals surface area contributed by atoms with Crippen molar-refractivity contribution in [2.75, 3.05) is 22.8 Å². The van der Waals surface area contributed by atoms with E-state index in [1.807, 2.05) is 13.8 Å². The number of thioether (sulfide) groups is 1. The Balaban J connectivity index is 1.97. The lowest BCUT2D eigenvalue weighted by molar-refractivity contribution is -0.116. The number of benzene rings is 2. The molecule has 0 saturated heterocycles. The second kappa shape index (κ2) is 7.82. The Morgan fingerprint density at radius 1 is 1.30 bits per heavy atom. The number of para-hydroxylation sites is 2. The fourth-order valence-corrected chi connectivity index (χ4v) is 5.10. The van der Waals surface area contributed by atoms with Crippen LogP contribution in [0.5, 0.6) is 5.75 Å². The molecule has 0 fully saturated rings. The van der Waals surface area contributed by atoms with Crippen molar-refractivity contribution in [3.05, 3.63) is 42.5 Å². The monoisotopic (exact) mass is 406 g/mol. The van der Waals surface area contributed by atoms with Gasteiger partial charge in [-0.2, -0.15) is 0 Å². The van der Waals surface area contributed by atoms with E-state index in [9.17, 15) is 13.2 Å². The molecular formula is C19H22N2O4S2. The summed E-state index contributed by atoms with van der Waals surface area (Å²) in [6, 6.07) is 11.8. The molecule has 3 rings (SSSR count). The van der Waals surface area contributed by atoms with Gasteiger partial charge in [-0.1, -0.05) is 19.1 Å². The number of amides is 1. The third kappa shape index (κ3) is 4.22. The van der Waals surface area contributed by atoms with Crippen LogP contribution in [-0.2, 0) is 14.8 Å². The molecule has 144 valence electrons. The number of carbonyl (C=O) groups excluding carboxylic acids is 1. The Kier molecular flexibility index (Phi) is 5.67. The molecular weight excluding hydrogens is 384 g/mol. The lowest BCUT2D eigenvalue weighted by Crippen LogP contribution is -2.37. The summed E-state index contributed by atoms with van der Waals surface area (Å²) < 4.78 is 33.9. The summed E-state index contributed by atoms with van der Waals surface area (Å²) in [6.45, 7) is 6.35. The summed E-state index contributed by atoms with van der Waals surface area (Å²) in [6.07, 6.45) is 0. The summed E-state index contributed by atoms with van der Waals surface area (Å²) in [7, 11) is -3.83. The van der Waals surface area contributed by atoms with Crippen molar-refractivity contribution in [3.8, 4) is 5.75 Å². The van der Waals surface area contributed by atoms with E-state index in [-0.39, 0.29) is 16.1 Å². The summed E-state index contributed by atoms with van der Waals surface area (Å²) in [5, 5.41) is 0.250. The molecule has 6 nitrogen and oxygen atoms in total. The Bertz CT molecular complexity index is 960. The van der Waals surface area contributed by atoms with Crippen LogP contribution in [0.1, 0.15) is 20.8 Å². The molecule has 1 atom stereocenters. The van der Waals surface area contributed by atoms with Gasteiger partial charge in [0.05, 0.1) is 22.9 Å². The van der Waals surface area contributed by atoms with Gasteiger partial charge >= 0.3 is 0 Å². The number of sulfonamides is 1. The molecule has 27 heavy (non-hydrogen) atoms. The summed E-state index contributed by atoms with van der Waals surface area (Å²) in [5.74, 6) is 0.365. The normalized spacial score (nSPS) is 16.6. The highest BCUT2D eigenvalue weighted by Gasteiger charge is 2.27. The van der Waals surface area contributed by atoms with E-state index in [1.165, 1.54) is 6.92 Å². The SMILES string of the molecule is CCOc1ccccc1NS(=O)(=O)c1ccc2c(c1)N(C(C)=O)C[C@@H](C)S2. The van der Waals surface area contributed by atoms with Crippen molar-refractivity contribution in [3.63, 3.8) is 0 Å². The lowest BCUT2D eigenvalue weighted by atomic mass is 10.2. The Morgan fingerprint density at radius 3 is 2.74 bits per heavy atom. The average molecular weight is 407 g/mol. The highest BCUT2D eigenvalue weighted by Crippen LogP contribution is 2.40. The molecule has 1 aliphatic heterocycles. The quantitative estimate of drug-likeness (QED) is 0.819. The maximum Gasteiger partial charge on any atom is 0.262 e. The number of rotatable bonds is 5. The maximum atomic E-state index is 12.9. The summed E-state index contributed by atoms with van der Waals surface area (Å²) >= 11 is 1.64. The standard InChI is InChI=1S/C19H22N2O4S2/c1-4-25-18-8-6-5-7-16(18)20-27(23,24)15-9-10-19-17(11-15)21(14(3)22)12-13(2)26-19/h5-11,13,20H,4,12H2,1-3H3/t13-/m1/s1. The summed E-state index contributed by atoms with van der Waals surface area (Å²) in [5.41, 5.74) is 1.01. The number of nitrogens with zero attached hydrogens (tertiary/aromatic N) is 1. The topological polar surface area (TPSA) is 75.7 Å². The van der Waals surface area contributed by atoms with E-state index in [2.05, 4.69) is 4.72 Å². The first-order chi connectivity index (χ1) is 12.8. The van der Waals surface area contributed by atoms with Crippen LogP contribution in [-0.4, -0.2) is 32.7 Å². The van der Waals surface area contributed by atoms with Crippen LogP contribution >= 0.6 is 11.8 Å². The van der Waals surface area contributed by atoms with Gasteiger partial charge in [0.2, 0.25) is 5.91 Å². The van der Waals surface area contributed by atoms with Crippen LogP contribution in [0.3, 0.4) is 0 Å². The van der Waals surface area contributed by atoms with Gasteiger partial charge in [-0.15, -0.1) is 11.8 Å². The van der Waals surface area contributed by atoms with Crippen molar-refractivity contribution >= 4 is 39.1 Å². The third-order valence-corrected chi connectivity index (χ3v) is 6.62. The Morgan fingerprint density at radius 2 is 2.04 bits per heavy atom. The van der Waals surface area contributed by atoms with E-state index in [0.29, 0.717) is 30.3 Å². The van der Waals surface area contributed by atoms with Crippen LogP contribution in [0, 0.1) is 0 Å². The zero-order chi connectivity index (χ0) is 19.6. The highest BCUT2D eigenvalue weighted by molar-refractivity contribution is 8.00. The first-order valence-electron chi connectivity index (χ1n) is 8.65. The fourth-order valence-electron chi connectivity index (χ4n) is 2.92. The highest BCUT2D eigenvalue weighted by atomic mass is 32.2. The third-order valence-electron chi connectivity index (χ3n) is 4.11. The number of carbonyl (C=O) groups is 1. The minimum atomic E-state index is -3.83. The van der Waals surface area contributed by atoms with Crippen molar-refractivity contribution in [1.82, 2.24) is 0 Å². The molecule has 2 aromatic rings. The van der Waals surface area contributed by atoms with Gasteiger partial charge in [-0.25, -0.2) is 8.42 Å². The molecule has 8 heteroatoms. The van der Waals surface area contributed by atoms with Crippen molar-refractivity contribution < 1.29 is 17.9 Å². The summed E-state index contributed by atoms with van der Waals surface area (Å²) in [4.78, 5) is 14.6. The second-order valence-corrected chi connectivity index (χ2v) is 9.38. The van der Waals surface area contributed by atoms with Gasteiger partial charge < -0.3 is 9.64 Å². The average Bonchev–Trinajstić information content (AvgIpc) is 2.62. The second-order valence-electron chi connectivity index (χ2n) is 6.22. The Labute approximate surface area is 164 Å². The molecule has 0 radical (unpaired) electrons. The van der Waals surface area contributed by atoms with Crippen LogP contribution in [0.2, 0.25) is 0 Å². The van der Waals surface area contributed by atoms with Gasteiger partial charge in [0.1, 0.15) is 5.75 Å². The Hall–Kier alpha value is -2.19. The molecule has 2 aromatic carbocycles. The van der Waals surface area contributed by atoms with Crippen LogP contribution < -0.4 is 14.4 Å². The predicted molar refractivity (Wildman–Crippen MR) is 108 cm³/mol. The predicted octanol–water partition coefficient (Wildman–Crippen LogP) is 3.73. The molecule has 0 bridgehead atoms. The molecule has 0 aliphatic carbocycles. The zero-order valence-electron chi connectivity index (χ0n) is 15.4. The van der Waals surface area contributed by atoms with Gasteiger partial charge in [-0.05, 0) is 37.3 Å². The molecule has 0 saturated carbocycles. The lowest BCUT2D eigenvalue weighted by Gasteiger charge is -2.32. The molecule has 0 unspecified atom stereocenters. The first kappa shape index (κ1) is 19.6. The molecule has 0 spiro atoms. The van der Waals surface area contributed by atoms with Crippen molar-refractivity contribution in [2.45, 2.75) is 35.8 Å². The van der Waals surface area contributed by atoms with E-state index >= 15 is 0 Å². The molecule has 1 N–H and O–H groups in total. The largest absolute Gasteiger partial charge is 0.492 e. The van der Waals surface area contributed by atoms with Crippen molar-refractivity contribution in [2.24, 2.45) is 0 Å². The molecule has 1 aliphatic rings. The smallest absolute Gasteiger partial charge is 0.262 e. The number of nitrogens with one attached hydrogen (secondary N) is 1. The van der Waals surface area contributed by atoms with Gasteiger partial charge in [0, 0.05) is 23.6 Å². The maximum absolute atomic E-state index is 12.9. The first-order valence-corrected chi connectivity index (χ1v) is 11.0. The van der Waals surface area contributed by atoms with E-state index in [4.69, 9.17) is 4.74 Å². The zero-order valence-corrected chi connectivity index (χ0v) is 17.1. The van der Waals surface area contributed by atoms with E-state index in [1.54, 1.807) is 59.1 Å². The van der Waals surface area contributed by atoms with Crippen molar-refractivity contribution in [1.29, 1.82) is 0 Å². The van der Waals surface area contributed by atoms with E-state index in [0.717, 1.165) is 4.90 Å². The van der Waals surface area contributed by atoms with Gasteiger partial charge in [0.15, 0.2) is 0 Å². The van der Waals surface area contributed by atoms with Crippen LogP contribution in [0.25, 0.3) is 0 Å². The fraction of sp³-hybridized carbons (Fsp3) is 0.316. The molecule has 0 aromatic heterocycles. The number of hydrogen-bond acceptors (Lipinski definition) is 5. The number of fused-ring (bicyclic) bond motifs is 1. The minimum absolute atomic E-state index is 0.104. The van der Waals surface area contributed by atoms with Gasteiger partial charge in [-0.3, -0.25) is 9.52 Å². The van der Waals surface area contributed by atoms with Crippen LogP contribution in [0.4, 0.5) is 11.4 Å².